The lowest BCUT2D eigenvalue weighted by Crippen LogP contribution is -2.22. The molecule has 3 nitrogen and oxygen atoms in total. The lowest BCUT2D eigenvalue weighted by atomic mass is 10.2. The van der Waals surface area contributed by atoms with Gasteiger partial charge in [-0.1, -0.05) is 23.7 Å². The zero-order chi connectivity index (χ0) is 12.7. The third-order valence-corrected chi connectivity index (χ3v) is 3.31. The highest BCUT2D eigenvalue weighted by Gasteiger charge is 2.13. The van der Waals surface area contributed by atoms with Gasteiger partial charge in [0, 0.05) is 10.7 Å². The predicted molar refractivity (Wildman–Crippen MR) is 72.1 cm³/mol. The second kappa shape index (κ2) is 4.10. The molecule has 0 aliphatic carbocycles. The molecule has 1 aliphatic heterocycles. The molecule has 2 aromatic rings. The van der Waals surface area contributed by atoms with Gasteiger partial charge in [-0.25, -0.2) is 0 Å². The second-order valence-corrected chi connectivity index (χ2v) is 4.82. The first-order chi connectivity index (χ1) is 8.63. The molecule has 1 atom stereocenters. The Labute approximate surface area is 110 Å². The number of nitrogen functional groups attached to an aromatic ring is 1. The fraction of sp³-hybridized carbons (Fsp3) is 0.143. The van der Waals surface area contributed by atoms with E-state index >= 15 is 0 Å². The Kier molecular flexibility index (Phi) is 2.56. The summed E-state index contributed by atoms with van der Waals surface area (Å²) in [6.07, 6.45) is -0.182. The highest BCUT2D eigenvalue weighted by atomic mass is 35.5. The maximum atomic E-state index is 5.88. The van der Waals surface area contributed by atoms with Crippen LogP contribution in [0.25, 0.3) is 0 Å². The van der Waals surface area contributed by atoms with E-state index in [-0.39, 0.29) is 6.17 Å². The van der Waals surface area contributed by atoms with Gasteiger partial charge < -0.3 is 5.73 Å². The molecule has 0 spiro atoms. The van der Waals surface area contributed by atoms with E-state index in [1.54, 1.807) is 0 Å². The summed E-state index contributed by atoms with van der Waals surface area (Å²) in [5, 5.41) is 2.48. The molecule has 4 heteroatoms. The number of anilines is 1. The fourth-order valence-corrected chi connectivity index (χ4v) is 2.11. The maximum absolute atomic E-state index is 5.88. The molecule has 1 heterocycles. The zero-order valence-corrected chi connectivity index (χ0v) is 10.6. The Bertz CT molecular complexity index is 679. The first kappa shape index (κ1) is 11.2. The van der Waals surface area contributed by atoms with Crippen LogP contribution in [0.15, 0.2) is 46.4 Å². The van der Waals surface area contributed by atoms with E-state index in [0.29, 0.717) is 5.02 Å². The van der Waals surface area contributed by atoms with Gasteiger partial charge in [0.05, 0.1) is 10.7 Å². The van der Waals surface area contributed by atoms with Crippen molar-refractivity contribution in [3.63, 3.8) is 0 Å². The average molecular weight is 258 g/mol. The summed E-state index contributed by atoms with van der Waals surface area (Å²) in [5.41, 5.74) is 8.70. The lowest BCUT2D eigenvalue weighted by molar-refractivity contribution is 0.771. The summed E-state index contributed by atoms with van der Waals surface area (Å²) in [5.74, 6) is 0. The number of halogens is 1. The third-order valence-electron chi connectivity index (χ3n) is 3.05. The molecule has 1 unspecified atom stereocenters. The van der Waals surface area contributed by atoms with Gasteiger partial charge in [0.25, 0.3) is 0 Å². The molecule has 2 aromatic carbocycles. The Morgan fingerprint density at radius 3 is 2.33 bits per heavy atom. The number of hydrogen-bond donors (Lipinski definition) is 1. The Hall–Kier alpha value is -1.87. The minimum atomic E-state index is -0.182. The summed E-state index contributed by atoms with van der Waals surface area (Å²) < 4.78 is 0. The van der Waals surface area contributed by atoms with Gasteiger partial charge in [-0.2, -0.15) is 0 Å². The number of fused-ring (bicyclic) bond motifs is 1. The highest BCUT2D eigenvalue weighted by molar-refractivity contribution is 6.30. The van der Waals surface area contributed by atoms with Gasteiger partial charge in [-0.05, 0) is 42.3 Å². The van der Waals surface area contributed by atoms with Crippen molar-refractivity contribution in [2.45, 2.75) is 13.1 Å². The van der Waals surface area contributed by atoms with Crippen molar-refractivity contribution in [1.82, 2.24) is 0 Å². The standard InChI is InChI=1S/C14H12ClN3/c1-8-6-12-13(7-11(8)16)18-14(17-12)9-2-4-10(15)5-3-9/h2-7,14H,16H2,1H3. The fourth-order valence-electron chi connectivity index (χ4n) is 1.98. The number of aryl methyl sites for hydroxylation is 1. The van der Waals surface area contributed by atoms with Crippen LogP contribution in [0, 0.1) is 6.92 Å². The molecule has 90 valence electrons. The zero-order valence-electron chi connectivity index (χ0n) is 9.89. The molecule has 0 bridgehead atoms. The van der Waals surface area contributed by atoms with Crippen LogP contribution in [0.3, 0.4) is 0 Å². The number of rotatable bonds is 1. The quantitative estimate of drug-likeness (QED) is 0.783. The number of nitrogens with zero attached hydrogens (tertiary/aromatic N) is 2. The molecular weight excluding hydrogens is 246 g/mol. The Morgan fingerprint density at radius 2 is 1.67 bits per heavy atom. The van der Waals surface area contributed by atoms with Crippen molar-refractivity contribution < 1.29 is 0 Å². The third kappa shape index (κ3) is 1.87. The molecule has 1 aliphatic rings. The monoisotopic (exact) mass is 257 g/mol. The van der Waals surface area contributed by atoms with Crippen molar-refractivity contribution in [2.75, 3.05) is 5.73 Å². The second-order valence-electron chi connectivity index (χ2n) is 4.38. The van der Waals surface area contributed by atoms with E-state index in [0.717, 1.165) is 27.5 Å². The van der Waals surface area contributed by atoms with Gasteiger partial charge in [0.1, 0.15) is 0 Å². The number of nitrogens with two attached hydrogens (primary N) is 1. The highest BCUT2D eigenvalue weighted by Crippen LogP contribution is 2.21. The van der Waals surface area contributed by atoms with Crippen LogP contribution in [0.2, 0.25) is 5.02 Å². The molecule has 0 saturated heterocycles. The van der Waals surface area contributed by atoms with E-state index in [9.17, 15) is 0 Å². The summed E-state index contributed by atoms with van der Waals surface area (Å²) >= 11 is 5.87. The molecule has 0 amide bonds. The van der Waals surface area contributed by atoms with E-state index in [1.165, 1.54) is 0 Å². The maximum Gasteiger partial charge on any atom is 0.166 e. The average Bonchev–Trinajstić information content (AvgIpc) is 2.73. The largest absolute Gasteiger partial charge is 0.398 e. The summed E-state index contributed by atoms with van der Waals surface area (Å²) in [6.45, 7) is 1.97. The van der Waals surface area contributed by atoms with Crippen LogP contribution in [-0.2, 0) is 0 Å². The Morgan fingerprint density at radius 1 is 1.06 bits per heavy atom. The lowest BCUT2D eigenvalue weighted by Gasteiger charge is -2.03. The minimum Gasteiger partial charge on any atom is -0.398 e. The molecule has 2 N–H and O–H groups in total. The SMILES string of the molecule is Cc1cc2c(cc1N)=NC(c1ccc(Cl)cc1)N=2. The van der Waals surface area contributed by atoms with Crippen LogP contribution in [0.1, 0.15) is 17.3 Å². The first-order valence-corrected chi connectivity index (χ1v) is 6.08. The molecule has 18 heavy (non-hydrogen) atoms. The molecule has 0 radical (unpaired) electrons. The number of benzene rings is 2. The van der Waals surface area contributed by atoms with Crippen molar-refractivity contribution in [1.29, 1.82) is 0 Å². The van der Waals surface area contributed by atoms with Crippen molar-refractivity contribution >= 4 is 17.3 Å². The van der Waals surface area contributed by atoms with Gasteiger partial charge in [-0.3, -0.25) is 9.98 Å². The van der Waals surface area contributed by atoms with Crippen LogP contribution in [-0.4, -0.2) is 0 Å². The Balaban J connectivity index is 2.09. The van der Waals surface area contributed by atoms with Crippen LogP contribution in [0.4, 0.5) is 5.69 Å². The van der Waals surface area contributed by atoms with E-state index in [2.05, 4.69) is 9.98 Å². The van der Waals surface area contributed by atoms with Crippen molar-refractivity contribution in [3.8, 4) is 0 Å². The van der Waals surface area contributed by atoms with Gasteiger partial charge in [0.2, 0.25) is 0 Å². The van der Waals surface area contributed by atoms with E-state index < -0.39 is 0 Å². The van der Waals surface area contributed by atoms with Crippen molar-refractivity contribution in [2.24, 2.45) is 9.98 Å². The summed E-state index contributed by atoms with van der Waals surface area (Å²) in [7, 11) is 0. The van der Waals surface area contributed by atoms with E-state index in [4.69, 9.17) is 17.3 Å². The van der Waals surface area contributed by atoms with E-state index in [1.807, 2.05) is 43.3 Å². The van der Waals surface area contributed by atoms with Gasteiger partial charge in [0.15, 0.2) is 6.17 Å². The van der Waals surface area contributed by atoms with Crippen LogP contribution < -0.4 is 16.4 Å². The molecule has 0 saturated carbocycles. The molecule has 3 rings (SSSR count). The smallest absolute Gasteiger partial charge is 0.166 e. The normalized spacial score (nSPS) is 16.9. The minimum absolute atomic E-state index is 0.182. The topological polar surface area (TPSA) is 50.7 Å². The predicted octanol–water partition coefficient (Wildman–Crippen LogP) is 2.18. The molecular formula is C14H12ClN3. The molecule has 0 aromatic heterocycles. The molecule has 0 fully saturated rings. The van der Waals surface area contributed by atoms with Crippen LogP contribution in [0.5, 0.6) is 0 Å². The van der Waals surface area contributed by atoms with Crippen molar-refractivity contribution in [3.05, 3.63) is 63.3 Å². The van der Waals surface area contributed by atoms with Gasteiger partial charge >= 0.3 is 0 Å². The first-order valence-electron chi connectivity index (χ1n) is 5.71. The van der Waals surface area contributed by atoms with Crippen LogP contribution >= 0.6 is 11.6 Å². The van der Waals surface area contributed by atoms with Gasteiger partial charge in [-0.15, -0.1) is 0 Å². The number of hydrogen-bond acceptors (Lipinski definition) is 3. The summed E-state index contributed by atoms with van der Waals surface area (Å²) in [6, 6.07) is 11.5. The summed E-state index contributed by atoms with van der Waals surface area (Å²) in [4.78, 5) is 9.15.